The van der Waals surface area contributed by atoms with Gasteiger partial charge in [0.05, 0.1) is 23.7 Å². The second-order valence-electron chi connectivity index (χ2n) is 5.84. The number of piperidine rings is 1. The lowest BCUT2D eigenvalue weighted by Gasteiger charge is -2.30. The summed E-state index contributed by atoms with van der Waals surface area (Å²) in [5, 5.41) is 8.16. The first-order valence-corrected chi connectivity index (χ1v) is 8.25. The Hall–Kier alpha value is -2.63. The van der Waals surface area contributed by atoms with Gasteiger partial charge in [0.25, 0.3) is 0 Å². The summed E-state index contributed by atoms with van der Waals surface area (Å²) >= 11 is 0. The Balaban J connectivity index is 1.59. The molecular formula is C18H21N3O3. The molecule has 1 aliphatic rings. The molecule has 126 valence electrons. The molecule has 1 aromatic carbocycles. The highest BCUT2D eigenvalue weighted by Crippen LogP contribution is 2.20. The van der Waals surface area contributed by atoms with E-state index in [0.29, 0.717) is 32.5 Å². The van der Waals surface area contributed by atoms with Crippen molar-refractivity contribution in [1.29, 1.82) is 0 Å². The third-order valence-electron chi connectivity index (χ3n) is 4.31. The van der Waals surface area contributed by atoms with Crippen molar-refractivity contribution in [1.82, 2.24) is 15.1 Å². The first kappa shape index (κ1) is 16.2. The normalized spacial score (nSPS) is 16.0. The van der Waals surface area contributed by atoms with Crippen molar-refractivity contribution in [2.45, 2.75) is 19.8 Å². The van der Waals surface area contributed by atoms with Crippen LogP contribution in [0.15, 0.2) is 30.3 Å². The number of ether oxygens (including phenoxy) is 1. The quantitative estimate of drug-likeness (QED) is 0.691. The second-order valence-corrected chi connectivity index (χ2v) is 5.84. The van der Waals surface area contributed by atoms with Gasteiger partial charge in [-0.3, -0.25) is 14.7 Å². The van der Waals surface area contributed by atoms with Gasteiger partial charge in [-0.1, -0.05) is 18.2 Å². The fraction of sp³-hybridized carbons (Fsp3) is 0.389. The van der Waals surface area contributed by atoms with E-state index < -0.39 is 0 Å². The molecule has 6 heteroatoms. The number of carbonyl (C=O) groups excluding carboxylic acids is 2. The molecule has 0 spiro atoms. The minimum absolute atomic E-state index is 0.0515. The average molecular weight is 327 g/mol. The number of aromatic amines is 1. The maximum atomic E-state index is 12.3. The van der Waals surface area contributed by atoms with E-state index in [2.05, 4.69) is 10.2 Å². The van der Waals surface area contributed by atoms with Gasteiger partial charge in [-0.15, -0.1) is 0 Å². The molecule has 0 unspecified atom stereocenters. The smallest absolute Gasteiger partial charge is 0.309 e. The number of nitrogens with zero attached hydrogens (tertiary/aromatic N) is 2. The van der Waals surface area contributed by atoms with Crippen LogP contribution in [-0.4, -0.2) is 46.7 Å². The lowest BCUT2D eigenvalue weighted by atomic mass is 9.97. The molecule has 0 saturated carbocycles. The number of likely N-dealkylation sites (tertiary alicyclic amines) is 1. The largest absolute Gasteiger partial charge is 0.466 e. The standard InChI is InChI=1S/C18H21N3O3/c1-2-24-18(23)13-9-11-21(12-10-13)17(22)8-7-16-14-5-3-4-6-15(14)19-20-16/h3-8,13H,2,9-12H2,1H3,(H,19,20)/b8-7+. The third kappa shape index (κ3) is 3.48. The summed E-state index contributed by atoms with van der Waals surface area (Å²) in [7, 11) is 0. The number of esters is 1. The number of nitrogens with one attached hydrogen (secondary N) is 1. The number of benzene rings is 1. The van der Waals surface area contributed by atoms with Gasteiger partial charge in [0.15, 0.2) is 0 Å². The molecule has 0 aliphatic carbocycles. The van der Waals surface area contributed by atoms with Crippen LogP contribution in [0.3, 0.4) is 0 Å². The van der Waals surface area contributed by atoms with Gasteiger partial charge in [-0.2, -0.15) is 5.10 Å². The predicted octanol–water partition coefficient (Wildman–Crippen LogP) is 2.38. The van der Waals surface area contributed by atoms with Crippen LogP contribution < -0.4 is 0 Å². The zero-order chi connectivity index (χ0) is 16.9. The van der Waals surface area contributed by atoms with Gasteiger partial charge < -0.3 is 9.64 Å². The highest BCUT2D eigenvalue weighted by atomic mass is 16.5. The van der Waals surface area contributed by atoms with E-state index in [1.165, 1.54) is 0 Å². The van der Waals surface area contributed by atoms with Crippen molar-refractivity contribution in [3.8, 4) is 0 Å². The minimum Gasteiger partial charge on any atom is -0.466 e. The number of aromatic nitrogens is 2. The van der Waals surface area contributed by atoms with Crippen LogP contribution in [0, 0.1) is 5.92 Å². The fourth-order valence-corrected chi connectivity index (χ4v) is 2.96. The van der Waals surface area contributed by atoms with Crippen LogP contribution >= 0.6 is 0 Å². The van der Waals surface area contributed by atoms with E-state index in [1.54, 1.807) is 24.0 Å². The molecule has 1 aliphatic heterocycles. The van der Waals surface area contributed by atoms with Gasteiger partial charge in [0, 0.05) is 24.6 Å². The molecule has 6 nitrogen and oxygen atoms in total. The SMILES string of the molecule is CCOC(=O)C1CCN(C(=O)/C=C/c2n[nH]c3ccccc23)CC1. The van der Waals surface area contributed by atoms with E-state index in [0.717, 1.165) is 16.6 Å². The Labute approximate surface area is 140 Å². The lowest BCUT2D eigenvalue weighted by Crippen LogP contribution is -2.39. The highest BCUT2D eigenvalue weighted by molar-refractivity contribution is 5.95. The monoisotopic (exact) mass is 327 g/mol. The summed E-state index contributed by atoms with van der Waals surface area (Å²) in [4.78, 5) is 25.8. The van der Waals surface area contributed by atoms with Crippen molar-refractivity contribution in [2.24, 2.45) is 5.92 Å². The Morgan fingerprint density at radius 2 is 2.08 bits per heavy atom. The van der Waals surface area contributed by atoms with Gasteiger partial charge in [0.2, 0.25) is 5.91 Å². The number of H-pyrrole nitrogens is 1. The van der Waals surface area contributed by atoms with Crippen molar-refractivity contribution < 1.29 is 14.3 Å². The summed E-state index contributed by atoms with van der Waals surface area (Å²) in [5.74, 6) is -0.291. The molecule has 0 radical (unpaired) electrons. The van der Waals surface area contributed by atoms with E-state index in [-0.39, 0.29) is 17.8 Å². The molecule has 1 aromatic heterocycles. The summed E-state index contributed by atoms with van der Waals surface area (Å²) in [6, 6.07) is 7.79. The van der Waals surface area contributed by atoms with Crippen LogP contribution in [0.2, 0.25) is 0 Å². The van der Waals surface area contributed by atoms with E-state index in [9.17, 15) is 9.59 Å². The van der Waals surface area contributed by atoms with Crippen molar-refractivity contribution in [2.75, 3.05) is 19.7 Å². The van der Waals surface area contributed by atoms with Crippen molar-refractivity contribution in [3.05, 3.63) is 36.0 Å². The number of carbonyl (C=O) groups is 2. The number of hydrogen-bond acceptors (Lipinski definition) is 4. The lowest BCUT2D eigenvalue weighted by molar-refractivity contribution is -0.150. The Kier molecular flexibility index (Phi) is 4.93. The average Bonchev–Trinajstić information content (AvgIpc) is 3.03. The van der Waals surface area contributed by atoms with Crippen LogP contribution in [0.25, 0.3) is 17.0 Å². The molecule has 1 fully saturated rings. The van der Waals surface area contributed by atoms with E-state index >= 15 is 0 Å². The predicted molar refractivity (Wildman–Crippen MR) is 91.1 cm³/mol. The van der Waals surface area contributed by atoms with Gasteiger partial charge in [-0.25, -0.2) is 0 Å². The molecule has 2 aromatic rings. The second kappa shape index (κ2) is 7.29. The van der Waals surface area contributed by atoms with Gasteiger partial charge in [-0.05, 0) is 31.9 Å². The third-order valence-corrected chi connectivity index (χ3v) is 4.31. The molecule has 1 amide bonds. The number of fused-ring (bicyclic) bond motifs is 1. The number of amides is 1. The number of para-hydroxylation sites is 1. The molecule has 24 heavy (non-hydrogen) atoms. The zero-order valence-corrected chi connectivity index (χ0v) is 13.7. The molecule has 1 N–H and O–H groups in total. The van der Waals surface area contributed by atoms with Crippen LogP contribution in [-0.2, 0) is 14.3 Å². The Morgan fingerprint density at radius 1 is 1.33 bits per heavy atom. The molecular weight excluding hydrogens is 306 g/mol. The summed E-state index contributed by atoms with van der Waals surface area (Å²) in [6.45, 7) is 3.36. The first-order valence-electron chi connectivity index (χ1n) is 8.25. The number of hydrogen-bond donors (Lipinski definition) is 1. The maximum Gasteiger partial charge on any atom is 0.309 e. The minimum atomic E-state index is -0.150. The molecule has 2 heterocycles. The van der Waals surface area contributed by atoms with E-state index in [4.69, 9.17) is 4.74 Å². The van der Waals surface area contributed by atoms with Crippen LogP contribution in [0.1, 0.15) is 25.5 Å². The van der Waals surface area contributed by atoms with Crippen molar-refractivity contribution >= 4 is 28.9 Å². The topological polar surface area (TPSA) is 75.3 Å². The van der Waals surface area contributed by atoms with Gasteiger partial charge >= 0.3 is 5.97 Å². The summed E-state index contributed by atoms with van der Waals surface area (Å²) in [5.41, 5.74) is 1.69. The van der Waals surface area contributed by atoms with Crippen LogP contribution in [0.5, 0.6) is 0 Å². The van der Waals surface area contributed by atoms with E-state index in [1.807, 2.05) is 24.3 Å². The molecule has 1 saturated heterocycles. The molecule has 3 rings (SSSR count). The van der Waals surface area contributed by atoms with Crippen molar-refractivity contribution in [3.63, 3.8) is 0 Å². The summed E-state index contributed by atoms with van der Waals surface area (Å²) in [6.07, 6.45) is 4.60. The Bertz CT molecular complexity index is 758. The fourth-order valence-electron chi connectivity index (χ4n) is 2.96. The maximum absolute atomic E-state index is 12.3. The first-order chi connectivity index (χ1) is 11.7. The zero-order valence-electron chi connectivity index (χ0n) is 13.7. The summed E-state index contributed by atoms with van der Waals surface area (Å²) < 4.78 is 5.05. The molecule has 0 atom stereocenters. The molecule has 0 bridgehead atoms. The highest BCUT2D eigenvalue weighted by Gasteiger charge is 2.27. The van der Waals surface area contributed by atoms with Crippen LogP contribution in [0.4, 0.5) is 0 Å². The van der Waals surface area contributed by atoms with Gasteiger partial charge in [0.1, 0.15) is 0 Å². The number of rotatable bonds is 4. The Morgan fingerprint density at radius 3 is 2.83 bits per heavy atom.